The lowest BCUT2D eigenvalue weighted by atomic mass is 10.1. The molecule has 0 spiro atoms. The topological polar surface area (TPSA) is 0 Å². The molecule has 1 rings (SSSR count). The van der Waals surface area contributed by atoms with Gasteiger partial charge in [0.1, 0.15) is 6.54 Å². The van der Waals surface area contributed by atoms with Crippen LogP contribution in [0.2, 0.25) is 0 Å². The van der Waals surface area contributed by atoms with Crippen molar-refractivity contribution >= 4 is 6.08 Å². The molecule has 1 heteroatoms. The van der Waals surface area contributed by atoms with E-state index in [-0.39, 0.29) is 0 Å². The summed E-state index contributed by atoms with van der Waals surface area (Å²) in [5, 5.41) is 0. The van der Waals surface area contributed by atoms with Gasteiger partial charge in [-0.2, -0.15) is 0 Å². The average molecular weight is 387 g/mol. The molecule has 0 aliphatic heterocycles. The lowest BCUT2D eigenvalue weighted by Gasteiger charge is -2.39. The molecule has 0 fully saturated rings. The fraction of sp³-hybridized carbons (Fsp3) is 0.704. The number of quaternary nitrogens is 1. The number of benzene rings is 1. The Hall–Kier alpha value is -1.08. The van der Waals surface area contributed by atoms with Crippen molar-refractivity contribution < 1.29 is 4.48 Å². The van der Waals surface area contributed by atoms with Crippen LogP contribution in [-0.2, 0) is 6.54 Å². The lowest BCUT2D eigenvalue weighted by Crippen LogP contribution is -2.49. The normalized spacial score (nSPS) is 11.7. The van der Waals surface area contributed by atoms with Crippen molar-refractivity contribution in [3.05, 3.63) is 42.0 Å². The van der Waals surface area contributed by atoms with Gasteiger partial charge in [-0.25, -0.2) is 0 Å². The molecule has 0 bridgehead atoms. The standard InChI is InChI=1S/C27H48N/c1-5-9-12-15-22-28(23-16-13-10-6-2,24-17-14-11-7-3)25-27-20-18-26(8-4)19-21-27/h8,18-21H,4-7,9-17,22-25H2,1-3H3/q+1. The highest BCUT2D eigenvalue weighted by atomic mass is 15.3. The predicted octanol–water partition coefficient (Wildman–Crippen LogP) is 8.39. The van der Waals surface area contributed by atoms with Crippen LogP contribution in [-0.4, -0.2) is 24.1 Å². The first kappa shape index (κ1) is 25.0. The lowest BCUT2D eigenvalue weighted by molar-refractivity contribution is -0.941. The van der Waals surface area contributed by atoms with E-state index in [1.165, 1.54) is 119 Å². The molecule has 0 N–H and O–H groups in total. The Morgan fingerprint density at radius 2 is 1.07 bits per heavy atom. The Morgan fingerprint density at radius 3 is 1.43 bits per heavy atom. The second-order valence-electron chi connectivity index (χ2n) is 8.80. The highest BCUT2D eigenvalue weighted by Crippen LogP contribution is 2.22. The summed E-state index contributed by atoms with van der Waals surface area (Å²) in [7, 11) is 0. The largest absolute Gasteiger partial charge is 0.320 e. The Balaban J connectivity index is 2.87. The van der Waals surface area contributed by atoms with Crippen molar-refractivity contribution in [1.29, 1.82) is 0 Å². The SMILES string of the molecule is C=Cc1ccc(C[N+](CCCCCC)(CCCCCC)CCCCCC)cc1. The molecule has 0 aliphatic carbocycles. The Bertz CT molecular complexity index is 456. The van der Waals surface area contributed by atoms with Crippen LogP contribution in [0.15, 0.2) is 30.8 Å². The predicted molar refractivity (Wildman–Crippen MR) is 128 cm³/mol. The molecule has 0 unspecified atom stereocenters. The molecule has 0 amide bonds. The van der Waals surface area contributed by atoms with Crippen LogP contribution in [0.4, 0.5) is 0 Å². The smallest absolute Gasteiger partial charge is 0.104 e. The molecule has 28 heavy (non-hydrogen) atoms. The van der Waals surface area contributed by atoms with Crippen molar-refractivity contribution in [2.75, 3.05) is 19.6 Å². The Labute approximate surface area is 176 Å². The minimum atomic E-state index is 1.21. The van der Waals surface area contributed by atoms with Crippen molar-refractivity contribution in [3.8, 4) is 0 Å². The van der Waals surface area contributed by atoms with E-state index >= 15 is 0 Å². The van der Waals surface area contributed by atoms with Crippen LogP contribution < -0.4 is 0 Å². The second-order valence-corrected chi connectivity index (χ2v) is 8.80. The fourth-order valence-electron chi connectivity index (χ4n) is 4.34. The quantitative estimate of drug-likeness (QED) is 0.175. The van der Waals surface area contributed by atoms with Gasteiger partial charge in [-0.05, 0) is 44.1 Å². The summed E-state index contributed by atoms with van der Waals surface area (Å²) in [5.74, 6) is 0. The molecule has 0 radical (unpaired) electrons. The minimum Gasteiger partial charge on any atom is -0.320 e. The van der Waals surface area contributed by atoms with E-state index in [0.717, 1.165) is 0 Å². The molecule has 1 aromatic rings. The highest BCUT2D eigenvalue weighted by molar-refractivity contribution is 5.47. The van der Waals surface area contributed by atoms with Gasteiger partial charge in [0, 0.05) is 5.56 Å². The van der Waals surface area contributed by atoms with Crippen LogP contribution >= 0.6 is 0 Å². The van der Waals surface area contributed by atoms with E-state index < -0.39 is 0 Å². The van der Waals surface area contributed by atoms with Gasteiger partial charge in [-0.1, -0.05) is 96.2 Å². The van der Waals surface area contributed by atoms with Gasteiger partial charge in [0.15, 0.2) is 0 Å². The van der Waals surface area contributed by atoms with E-state index in [4.69, 9.17) is 0 Å². The van der Waals surface area contributed by atoms with Crippen LogP contribution in [0.1, 0.15) is 109 Å². The first-order valence-electron chi connectivity index (χ1n) is 12.3. The molecule has 0 aliphatic rings. The average Bonchev–Trinajstić information content (AvgIpc) is 2.72. The Kier molecular flexibility index (Phi) is 14.1. The number of nitrogens with zero attached hydrogens (tertiary/aromatic N) is 1. The van der Waals surface area contributed by atoms with Crippen LogP contribution in [0.3, 0.4) is 0 Å². The summed E-state index contributed by atoms with van der Waals surface area (Å²) in [6.45, 7) is 16.2. The molecule has 0 saturated carbocycles. The molecular formula is C27H48N+. The van der Waals surface area contributed by atoms with E-state index in [2.05, 4.69) is 51.6 Å². The maximum atomic E-state index is 3.91. The molecule has 0 heterocycles. The van der Waals surface area contributed by atoms with E-state index in [1.54, 1.807) is 0 Å². The zero-order valence-electron chi connectivity index (χ0n) is 19.4. The first-order chi connectivity index (χ1) is 13.7. The van der Waals surface area contributed by atoms with Gasteiger partial charge in [0.2, 0.25) is 0 Å². The molecule has 0 atom stereocenters. The molecule has 160 valence electrons. The van der Waals surface area contributed by atoms with Gasteiger partial charge >= 0.3 is 0 Å². The highest BCUT2D eigenvalue weighted by Gasteiger charge is 2.26. The van der Waals surface area contributed by atoms with Crippen molar-refractivity contribution in [2.24, 2.45) is 0 Å². The van der Waals surface area contributed by atoms with Gasteiger partial charge in [-0.15, -0.1) is 0 Å². The number of rotatable bonds is 18. The summed E-state index contributed by atoms with van der Waals surface area (Å²) >= 11 is 0. The number of hydrogen-bond acceptors (Lipinski definition) is 0. The Morgan fingerprint density at radius 1 is 0.643 bits per heavy atom. The molecule has 1 nitrogen and oxygen atoms in total. The zero-order chi connectivity index (χ0) is 20.5. The van der Waals surface area contributed by atoms with E-state index in [9.17, 15) is 0 Å². The maximum Gasteiger partial charge on any atom is 0.104 e. The van der Waals surface area contributed by atoms with Gasteiger partial charge in [-0.3, -0.25) is 0 Å². The van der Waals surface area contributed by atoms with Gasteiger partial charge in [0.05, 0.1) is 19.6 Å². The second kappa shape index (κ2) is 15.8. The molecule has 1 aromatic carbocycles. The first-order valence-corrected chi connectivity index (χ1v) is 12.3. The summed E-state index contributed by atoms with van der Waals surface area (Å²) in [6, 6.07) is 9.16. The summed E-state index contributed by atoms with van der Waals surface area (Å²) in [5.41, 5.74) is 2.74. The maximum absolute atomic E-state index is 3.91. The number of unbranched alkanes of at least 4 members (excludes halogenated alkanes) is 9. The van der Waals surface area contributed by atoms with Crippen LogP contribution in [0, 0.1) is 0 Å². The summed E-state index contributed by atoms with van der Waals surface area (Å²) in [4.78, 5) is 0. The fourth-order valence-corrected chi connectivity index (χ4v) is 4.34. The third-order valence-corrected chi connectivity index (χ3v) is 6.19. The third-order valence-electron chi connectivity index (χ3n) is 6.19. The zero-order valence-corrected chi connectivity index (χ0v) is 19.4. The minimum absolute atomic E-state index is 1.21. The van der Waals surface area contributed by atoms with Crippen LogP contribution in [0.25, 0.3) is 6.08 Å². The van der Waals surface area contributed by atoms with Crippen LogP contribution in [0.5, 0.6) is 0 Å². The van der Waals surface area contributed by atoms with E-state index in [1.807, 2.05) is 6.08 Å². The number of hydrogen-bond donors (Lipinski definition) is 0. The summed E-state index contributed by atoms with van der Waals surface area (Å²) < 4.78 is 1.31. The van der Waals surface area contributed by atoms with Crippen molar-refractivity contribution in [1.82, 2.24) is 0 Å². The van der Waals surface area contributed by atoms with Gasteiger partial charge < -0.3 is 4.48 Å². The third kappa shape index (κ3) is 10.5. The van der Waals surface area contributed by atoms with Crippen molar-refractivity contribution in [2.45, 2.75) is 104 Å². The van der Waals surface area contributed by atoms with E-state index in [0.29, 0.717) is 0 Å². The molecule has 0 aromatic heterocycles. The van der Waals surface area contributed by atoms with Crippen molar-refractivity contribution in [3.63, 3.8) is 0 Å². The monoisotopic (exact) mass is 386 g/mol. The molecule has 0 saturated heterocycles. The molecular weight excluding hydrogens is 338 g/mol. The summed E-state index contributed by atoms with van der Waals surface area (Å²) in [6.07, 6.45) is 18.5. The van der Waals surface area contributed by atoms with Gasteiger partial charge in [0.25, 0.3) is 0 Å².